The van der Waals surface area contributed by atoms with Crippen LogP contribution >= 0.6 is 28.1 Å². The lowest BCUT2D eigenvalue weighted by molar-refractivity contribution is 0.266. The van der Waals surface area contributed by atoms with Gasteiger partial charge in [-0.1, -0.05) is 0 Å². The Labute approximate surface area is 138 Å². The summed E-state index contributed by atoms with van der Waals surface area (Å²) in [6.07, 6.45) is 2.17. The van der Waals surface area contributed by atoms with E-state index in [-0.39, 0.29) is 5.82 Å². The van der Waals surface area contributed by atoms with E-state index < -0.39 is 0 Å². The van der Waals surface area contributed by atoms with E-state index in [2.05, 4.69) is 46.7 Å². The lowest BCUT2D eigenvalue weighted by Crippen LogP contribution is -2.27. The van der Waals surface area contributed by atoms with Gasteiger partial charge in [-0.15, -0.1) is 0 Å². The van der Waals surface area contributed by atoms with Gasteiger partial charge in [0.15, 0.2) is 4.77 Å². The van der Waals surface area contributed by atoms with Gasteiger partial charge in [-0.25, -0.2) is 4.39 Å². The molecule has 0 aliphatic rings. The normalized spacial score (nSPS) is 12.0. The van der Waals surface area contributed by atoms with Crippen molar-refractivity contribution in [1.82, 2.24) is 14.5 Å². The molecular formula is C15H21BrFN3S. The van der Waals surface area contributed by atoms with Gasteiger partial charge in [0.05, 0.1) is 15.5 Å². The number of imidazole rings is 1. The summed E-state index contributed by atoms with van der Waals surface area (Å²) in [5.41, 5.74) is 1.70. The van der Waals surface area contributed by atoms with Crippen LogP contribution in [0.1, 0.15) is 26.7 Å². The second-order valence-corrected chi connectivity index (χ2v) is 6.89. The van der Waals surface area contributed by atoms with E-state index in [1.807, 2.05) is 4.57 Å². The Morgan fingerprint density at radius 1 is 1.38 bits per heavy atom. The fourth-order valence-electron chi connectivity index (χ4n) is 2.26. The largest absolute Gasteiger partial charge is 0.330 e. The van der Waals surface area contributed by atoms with E-state index in [9.17, 15) is 4.39 Å². The van der Waals surface area contributed by atoms with Crippen molar-refractivity contribution in [3.05, 3.63) is 27.2 Å². The maximum absolute atomic E-state index is 13.5. The average molecular weight is 374 g/mol. The maximum atomic E-state index is 13.5. The van der Waals surface area contributed by atoms with Crippen LogP contribution in [-0.4, -0.2) is 34.1 Å². The van der Waals surface area contributed by atoms with E-state index >= 15 is 0 Å². The molecule has 0 fully saturated rings. The molecule has 1 aromatic carbocycles. The highest BCUT2D eigenvalue weighted by atomic mass is 79.9. The van der Waals surface area contributed by atoms with Crippen molar-refractivity contribution in [2.75, 3.05) is 13.6 Å². The van der Waals surface area contributed by atoms with Gasteiger partial charge in [0.2, 0.25) is 0 Å². The fraction of sp³-hybridized carbons (Fsp3) is 0.533. The van der Waals surface area contributed by atoms with Gasteiger partial charge < -0.3 is 14.5 Å². The number of H-pyrrole nitrogens is 1. The van der Waals surface area contributed by atoms with Crippen molar-refractivity contribution in [3.63, 3.8) is 0 Å². The third-order valence-corrected chi connectivity index (χ3v) is 4.77. The number of unbranched alkanes of at least 4 members (excludes halogenated alkanes) is 1. The highest BCUT2D eigenvalue weighted by Crippen LogP contribution is 2.23. The SMILES string of the molecule is CC(C)N(C)CCCCn1c(=S)[nH]c2cc(F)c(Br)cc21. The predicted molar refractivity (Wildman–Crippen MR) is 91.8 cm³/mol. The summed E-state index contributed by atoms with van der Waals surface area (Å²) in [5.74, 6) is -0.274. The molecule has 6 heteroatoms. The standard InChI is InChI=1S/C15H21BrFN3S/c1-10(2)19(3)6-4-5-7-20-14-8-11(16)12(17)9-13(14)18-15(20)21/h8-10H,4-7H2,1-3H3,(H,18,21). The van der Waals surface area contributed by atoms with Gasteiger partial charge in [0, 0.05) is 18.7 Å². The van der Waals surface area contributed by atoms with Gasteiger partial charge in [-0.05, 0) is 74.5 Å². The first-order chi connectivity index (χ1) is 9.90. The molecule has 1 heterocycles. The Morgan fingerprint density at radius 2 is 2.10 bits per heavy atom. The molecule has 1 aromatic heterocycles. The first-order valence-electron chi connectivity index (χ1n) is 7.18. The van der Waals surface area contributed by atoms with Gasteiger partial charge in [0.25, 0.3) is 0 Å². The summed E-state index contributed by atoms with van der Waals surface area (Å²) in [5, 5.41) is 0. The number of nitrogens with one attached hydrogen (secondary N) is 1. The topological polar surface area (TPSA) is 24.0 Å². The fourth-order valence-corrected chi connectivity index (χ4v) is 2.89. The number of halogens is 2. The van der Waals surface area contributed by atoms with Crippen molar-refractivity contribution < 1.29 is 4.39 Å². The number of nitrogens with zero attached hydrogens (tertiary/aromatic N) is 2. The Kier molecular flexibility index (Phi) is 5.57. The molecule has 0 saturated heterocycles. The monoisotopic (exact) mass is 373 g/mol. The molecule has 21 heavy (non-hydrogen) atoms. The third-order valence-electron chi connectivity index (χ3n) is 3.84. The van der Waals surface area contributed by atoms with E-state index in [0.717, 1.165) is 37.0 Å². The molecule has 0 spiro atoms. The smallest absolute Gasteiger partial charge is 0.178 e. The summed E-state index contributed by atoms with van der Waals surface area (Å²) in [7, 11) is 2.14. The molecular weight excluding hydrogens is 353 g/mol. The van der Waals surface area contributed by atoms with Crippen LogP contribution in [0.4, 0.5) is 4.39 Å². The second-order valence-electron chi connectivity index (χ2n) is 5.65. The molecule has 116 valence electrons. The van der Waals surface area contributed by atoms with Crippen molar-refractivity contribution >= 4 is 39.2 Å². The predicted octanol–water partition coefficient (Wildman–Crippen LogP) is 4.72. The van der Waals surface area contributed by atoms with Crippen LogP contribution < -0.4 is 0 Å². The molecule has 1 N–H and O–H groups in total. The molecule has 0 radical (unpaired) electrons. The Hall–Kier alpha value is -0.720. The van der Waals surface area contributed by atoms with Crippen molar-refractivity contribution in [1.29, 1.82) is 0 Å². The number of aromatic amines is 1. The van der Waals surface area contributed by atoms with E-state index in [1.165, 1.54) is 6.07 Å². The molecule has 2 rings (SSSR count). The second kappa shape index (κ2) is 7.03. The summed E-state index contributed by atoms with van der Waals surface area (Å²) >= 11 is 8.58. The molecule has 0 amide bonds. The zero-order valence-corrected chi connectivity index (χ0v) is 15.0. The van der Waals surface area contributed by atoms with Crippen molar-refractivity contribution in [2.45, 2.75) is 39.3 Å². The summed E-state index contributed by atoms with van der Waals surface area (Å²) in [6, 6.07) is 3.84. The van der Waals surface area contributed by atoms with Crippen LogP contribution in [0.25, 0.3) is 11.0 Å². The minimum Gasteiger partial charge on any atom is -0.330 e. The number of benzene rings is 1. The summed E-state index contributed by atoms with van der Waals surface area (Å²) in [4.78, 5) is 5.40. The van der Waals surface area contributed by atoms with Crippen LogP contribution in [0, 0.1) is 10.6 Å². The van der Waals surface area contributed by atoms with Crippen LogP contribution in [0.3, 0.4) is 0 Å². The number of hydrogen-bond acceptors (Lipinski definition) is 2. The van der Waals surface area contributed by atoms with Crippen molar-refractivity contribution in [2.24, 2.45) is 0 Å². The van der Waals surface area contributed by atoms with E-state index in [1.54, 1.807) is 6.07 Å². The maximum Gasteiger partial charge on any atom is 0.178 e. The van der Waals surface area contributed by atoms with E-state index in [0.29, 0.717) is 15.3 Å². The molecule has 0 unspecified atom stereocenters. The molecule has 0 aliphatic heterocycles. The summed E-state index contributed by atoms with van der Waals surface area (Å²) < 4.78 is 16.7. The number of aromatic nitrogens is 2. The first-order valence-corrected chi connectivity index (χ1v) is 8.38. The van der Waals surface area contributed by atoms with Crippen LogP contribution in [0.2, 0.25) is 0 Å². The number of fused-ring (bicyclic) bond motifs is 1. The zero-order valence-electron chi connectivity index (χ0n) is 12.6. The highest BCUT2D eigenvalue weighted by molar-refractivity contribution is 9.10. The van der Waals surface area contributed by atoms with Crippen LogP contribution in [0.5, 0.6) is 0 Å². The molecule has 0 atom stereocenters. The Morgan fingerprint density at radius 3 is 2.76 bits per heavy atom. The highest BCUT2D eigenvalue weighted by Gasteiger charge is 2.09. The number of rotatable bonds is 6. The Bertz CT molecular complexity index is 677. The number of hydrogen-bond donors (Lipinski definition) is 1. The summed E-state index contributed by atoms with van der Waals surface area (Å²) in [6.45, 7) is 6.32. The molecule has 3 nitrogen and oxygen atoms in total. The van der Waals surface area contributed by atoms with E-state index in [4.69, 9.17) is 12.2 Å². The van der Waals surface area contributed by atoms with Gasteiger partial charge in [-0.3, -0.25) is 0 Å². The van der Waals surface area contributed by atoms with Crippen molar-refractivity contribution in [3.8, 4) is 0 Å². The van der Waals surface area contributed by atoms with Crippen LogP contribution in [-0.2, 0) is 6.54 Å². The van der Waals surface area contributed by atoms with Gasteiger partial charge in [0.1, 0.15) is 5.82 Å². The lowest BCUT2D eigenvalue weighted by atomic mass is 10.2. The zero-order chi connectivity index (χ0) is 15.6. The third kappa shape index (κ3) is 3.93. The van der Waals surface area contributed by atoms with Gasteiger partial charge >= 0.3 is 0 Å². The minimum atomic E-state index is -0.274. The minimum absolute atomic E-state index is 0.274. The molecule has 0 aliphatic carbocycles. The molecule has 2 aromatic rings. The van der Waals surface area contributed by atoms with Crippen LogP contribution in [0.15, 0.2) is 16.6 Å². The quantitative estimate of drug-likeness (QED) is 0.584. The average Bonchev–Trinajstić information content (AvgIpc) is 2.70. The Balaban J connectivity index is 2.07. The molecule has 0 bridgehead atoms. The molecule has 0 saturated carbocycles. The van der Waals surface area contributed by atoms with Gasteiger partial charge in [-0.2, -0.15) is 0 Å². The lowest BCUT2D eigenvalue weighted by Gasteiger charge is -2.20. The number of aryl methyl sites for hydroxylation is 1. The first kappa shape index (κ1) is 16.6.